The first kappa shape index (κ1) is 17.0. The molecule has 2 heterocycles. The van der Waals surface area contributed by atoms with E-state index in [2.05, 4.69) is 9.62 Å². The topological polar surface area (TPSA) is 66.5 Å². The first-order chi connectivity index (χ1) is 12.0. The molecule has 4 aliphatic rings. The molecule has 25 heavy (non-hydrogen) atoms. The molecule has 136 valence electrons. The highest BCUT2D eigenvalue weighted by atomic mass is 32.2. The maximum absolute atomic E-state index is 12.7. The van der Waals surface area contributed by atoms with Crippen LogP contribution in [0.15, 0.2) is 35.2 Å². The lowest BCUT2D eigenvalue weighted by Gasteiger charge is -2.39. The summed E-state index contributed by atoms with van der Waals surface area (Å²) in [4.78, 5) is 15.0. The molecule has 2 aliphatic heterocycles. The number of rotatable bonds is 5. The van der Waals surface area contributed by atoms with Crippen molar-refractivity contribution in [1.29, 1.82) is 0 Å². The fourth-order valence-electron chi connectivity index (χ4n) is 5.21. The standard InChI is InChI=1S/C19H26N2O3S/c22-19(6-7-20-25(23,24)18-4-2-1-3-5-18)21-13-16-9-14-8-15(10-16)12-17(21)11-14/h1-5,14-17,20H,6-13H2/t14-,15-,16?,17?/m1/s1. The molecule has 1 amide bonds. The number of amides is 1. The first-order valence-corrected chi connectivity index (χ1v) is 10.8. The van der Waals surface area contributed by atoms with E-state index in [4.69, 9.17) is 0 Å². The molecule has 6 heteroatoms. The summed E-state index contributed by atoms with van der Waals surface area (Å²) in [7, 11) is -3.53. The Kier molecular flexibility index (Phi) is 4.58. The zero-order chi connectivity index (χ0) is 17.4. The van der Waals surface area contributed by atoms with Crippen molar-refractivity contribution in [2.45, 2.75) is 49.5 Å². The smallest absolute Gasteiger partial charge is 0.240 e. The van der Waals surface area contributed by atoms with Crippen molar-refractivity contribution in [3.8, 4) is 0 Å². The highest BCUT2D eigenvalue weighted by molar-refractivity contribution is 7.89. The number of nitrogens with zero attached hydrogens (tertiary/aromatic N) is 1. The number of carbonyl (C=O) groups excluding carboxylic acids is 1. The summed E-state index contributed by atoms with van der Waals surface area (Å²) in [5, 5.41) is 0. The molecule has 5 rings (SSSR count). The molecule has 4 fully saturated rings. The number of hydrogen-bond acceptors (Lipinski definition) is 3. The van der Waals surface area contributed by atoms with Crippen LogP contribution in [0.2, 0.25) is 0 Å². The van der Waals surface area contributed by atoms with Crippen molar-refractivity contribution >= 4 is 15.9 Å². The molecule has 0 unspecified atom stereocenters. The van der Waals surface area contributed by atoms with E-state index >= 15 is 0 Å². The monoisotopic (exact) mass is 362 g/mol. The van der Waals surface area contributed by atoms with Crippen LogP contribution in [-0.2, 0) is 14.8 Å². The summed E-state index contributed by atoms with van der Waals surface area (Å²) in [5.41, 5.74) is 0. The second-order valence-corrected chi connectivity index (χ2v) is 9.70. The molecular weight excluding hydrogens is 336 g/mol. The lowest BCUT2D eigenvalue weighted by Crippen LogP contribution is -2.43. The summed E-state index contributed by atoms with van der Waals surface area (Å²) >= 11 is 0. The largest absolute Gasteiger partial charge is 0.339 e. The normalized spacial score (nSPS) is 31.1. The Labute approximate surface area is 149 Å². The van der Waals surface area contributed by atoms with Crippen LogP contribution in [0.1, 0.15) is 38.5 Å². The zero-order valence-corrected chi connectivity index (χ0v) is 15.2. The number of fused-ring (bicyclic) bond motifs is 1. The minimum absolute atomic E-state index is 0.106. The molecule has 2 atom stereocenters. The van der Waals surface area contributed by atoms with Crippen LogP contribution in [0.3, 0.4) is 0 Å². The van der Waals surface area contributed by atoms with Gasteiger partial charge in [0.15, 0.2) is 0 Å². The van der Waals surface area contributed by atoms with Gasteiger partial charge in [0.25, 0.3) is 0 Å². The van der Waals surface area contributed by atoms with Crippen molar-refractivity contribution in [2.75, 3.05) is 13.1 Å². The Hall–Kier alpha value is -1.40. The van der Waals surface area contributed by atoms with Crippen LogP contribution in [-0.4, -0.2) is 38.4 Å². The number of carbonyl (C=O) groups is 1. The van der Waals surface area contributed by atoms with E-state index in [-0.39, 0.29) is 23.8 Å². The van der Waals surface area contributed by atoms with Gasteiger partial charge in [0.2, 0.25) is 15.9 Å². The van der Waals surface area contributed by atoms with E-state index in [9.17, 15) is 13.2 Å². The lowest BCUT2D eigenvalue weighted by atomic mass is 9.68. The van der Waals surface area contributed by atoms with Gasteiger partial charge in [-0.1, -0.05) is 18.2 Å². The molecule has 0 spiro atoms. The summed E-state index contributed by atoms with van der Waals surface area (Å²) in [6, 6.07) is 8.69. The van der Waals surface area contributed by atoms with E-state index < -0.39 is 10.0 Å². The average molecular weight is 362 g/mol. The highest BCUT2D eigenvalue weighted by Crippen LogP contribution is 2.47. The quantitative estimate of drug-likeness (QED) is 0.875. The van der Waals surface area contributed by atoms with Gasteiger partial charge in [0, 0.05) is 25.6 Å². The fraction of sp³-hybridized carbons (Fsp3) is 0.632. The molecule has 4 bridgehead atoms. The number of sulfonamides is 1. The van der Waals surface area contributed by atoms with Crippen molar-refractivity contribution in [3.63, 3.8) is 0 Å². The second-order valence-electron chi connectivity index (χ2n) is 7.94. The van der Waals surface area contributed by atoms with Crippen LogP contribution < -0.4 is 4.72 Å². The van der Waals surface area contributed by atoms with E-state index in [0.717, 1.165) is 31.2 Å². The van der Waals surface area contributed by atoms with E-state index in [1.807, 2.05) is 0 Å². The van der Waals surface area contributed by atoms with E-state index in [0.29, 0.717) is 12.0 Å². The van der Waals surface area contributed by atoms with Gasteiger partial charge in [-0.25, -0.2) is 13.1 Å². The molecule has 2 aliphatic carbocycles. The minimum atomic E-state index is -3.53. The molecule has 0 aromatic heterocycles. The van der Waals surface area contributed by atoms with Gasteiger partial charge in [0.1, 0.15) is 0 Å². The van der Waals surface area contributed by atoms with Crippen molar-refractivity contribution < 1.29 is 13.2 Å². The molecule has 2 saturated carbocycles. The van der Waals surface area contributed by atoms with Gasteiger partial charge in [-0.15, -0.1) is 0 Å². The minimum Gasteiger partial charge on any atom is -0.339 e. The second kappa shape index (κ2) is 6.72. The molecule has 2 saturated heterocycles. The first-order valence-electron chi connectivity index (χ1n) is 9.35. The lowest BCUT2D eigenvalue weighted by molar-refractivity contribution is -0.133. The third-order valence-electron chi connectivity index (χ3n) is 6.11. The van der Waals surface area contributed by atoms with Gasteiger partial charge in [0.05, 0.1) is 4.90 Å². The molecular formula is C19H26N2O3S. The van der Waals surface area contributed by atoms with Crippen LogP contribution in [0.25, 0.3) is 0 Å². The average Bonchev–Trinajstić information content (AvgIpc) is 2.79. The maximum Gasteiger partial charge on any atom is 0.240 e. The van der Waals surface area contributed by atoms with Crippen LogP contribution >= 0.6 is 0 Å². The Morgan fingerprint density at radius 2 is 1.64 bits per heavy atom. The van der Waals surface area contributed by atoms with Crippen LogP contribution in [0.5, 0.6) is 0 Å². The molecule has 1 aromatic rings. The summed E-state index contributed by atoms with van der Waals surface area (Å²) in [6.07, 6.45) is 6.44. The Bertz CT molecular complexity index is 720. The molecule has 1 N–H and O–H groups in total. The Balaban J connectivity index is 1.35. The van der Waals surface area contributed by atoms with Crippen LogP contribution in [0, 0.1) is 17.8 Å². The predicted molar refractivity (Wildman–Crippen MR) is 95.3 cm³/mol. The van der Waals surface area contributed by atoms with Gasteiger partial charge in [-0.05, 0) is 62.0 Å². The summed E-state index contributed by atoms with van der Waals surface area (Å²) in [5.74, 6) is 2.36. The SMILES string of the molecule is O=C(CCNS(=O)(=O)c1ccccc1)N1CC2C[C@@H]3CC1C[C@@H](C2)C3. The van der Waals surface area contributed by atoms with Crippen molar-refractivity contribution in [2.24, 2.45) is 17.8 Å². The molecule has 0 radical (unpaired) electrons. The number of benzene rings is 1. The van der Waals surface area contributed by atoms with Crippen molar-refractivity contribution in [3.05, 3.63) is 30.3 Å². The van der Waals surface area contributed by atoms with E-state index in [1.165, 1.54) is 19.3 Å². The van der Waals surface area contributed by atoms with Crippen LogP contribution in [0.4, 0.5) is 0 Å². The van der Waals surface area contributed by atoms with Gasteiger partial charge >= 0.3 is 0 Å². The highest BCUT2D eigenvalue weighted by Gasteiger charge is 2.43. The van der Waals surface area contributed by atoms with Gasteiger partial charge in [-0.2, -0.15) is 0 Å². The van der Waals surface area contributed by atoms with E-state index in [1.54, 1.807) is 30.3 Å². The fourth-order valence-corrected chi connectivity index (χ4v) is 6.26. The summed E-state index contributed by atoms with van der Waals surface area (Å²) in [6.45, 7) is 1.04. The third-order valence-corrected chi connectivity index (χ3v) is 7.59. The maximum atomic E-state index is 12.7. The van der Waals surface area contributed by atoms with Gasteiger partial charge < -0.3 is 4.90 Å². The molecule has 1 aromatic carbocycles. The predicted octanol–water partition coefficient (Wildman–Crippen LogP) is 2.39. The molecule has 5 nitrogen and oxygen atoms in total. The number of hydrogen-bond donors (Lipinski definition) is 1. The zero-order valence-electron chi connectivity index (χ0n) is 14.4. The van der Waals surface area contributed by atoms with Crippen molar-refractivity contribution in [1.82, 2.24) is 9.62 Å². The Morgan fingerprint density at radius 1 is 1.00 bits per heavy atom. The Morgan fingerprint density at radius 3 is 2.32 bits per heavy atom. The number of nitrogens with one attached hydrogen (secondary N) is 1. The summed E-state index contributed by atoms with van der Waals surface area (Å²) < 4.78 is 27.0. The van der Waals surface area contributed by atoms with Gasteiger partial charge in [-0.3, -0.25) is 4.79 Å². The third kappa shape index (κ3) is 3.60.